The smallest absolute Gasteiger partial charge is 0.306 e. The fourth-order valence-electron chi connectivity index (χ4n) is 7.46. The van der Waals surface area contributed by atoms with E-state index in [0.29, 0.717) is 36.0 Å². The van der Waals surface area contributed by atoms with E-state index < -0.39 is 12.0 Å². The molecule has 8 heteroatoms. The zero-order chi connectivity index (χ0) is 36.9. The van der Waals surface area contributed by atoms with E-state index in [2.05, 4.69) is 17.5 Å². The molecule has 1 aliphatic rings. The van der Waals surface area contributed by atoms with Gasteiger partial charge in [-0.05, 0) is 159 Å². The average molecular weight is 727 g/mol. The molecule has 52 heavy (non-hydrogen) atoms. The highest BCUT2D eigenvalue weighted by molar-refractivity contribution is 7.09. The molecule has 0 spiro atoms. The number of carbonyl (C=O) groups is 1. The van der Waals surface area contributed by atoms with E-state index in [-0.39, 0.29) is 42.7 Å². The van der Waals surface area contributed by atoms with Gasteiger partial charge in [0, 0.05) is 22.4 Å². The maximum absolute atomic E-state index is 12.8. The van der Waals surface area contributed by atoms with Crippen LogP contribution in [0.3, 0.4) is 0 Å². The Balaban J connectivity index is 1.34. The molecule has 5 rings (SSSR count). The van der Waals surface area contributed by atoms with E-state index in [4.69, 9.17) is 9.47 Å². The van der Waals surface area contributed by atoms with E-state index in [1.165, 1.54) is 16.0 Å². The summed E-state index contributed by atoms with van der Waals surface area (Å²) in [6.07, 6.45) is 10.8. The second-order valence-electron chi connectivity index (χ2n) is 13.9. The molecule has 7 nitrogen and oxygen atoms in total. The van der Waals surface area contributed by atoms with Crippen LogP contribution in [0.2, 0.25) is 0 Å². The number of aliphatic hydroxyl groups excluding tert-OH is 1. The molecule has 1 heterocycles. The van der Waals surface area contributed by atoms with Crippen LogP contribution in [0.15, 0.2) is 72.1 Å². The average Bonchev–Trinajstić information content (AvgIpc) is 3.58. The summed E-state index contributed by atoms with van der Waals surface area (Å²) >= 11 is 1.70. The lowest BCUT2D eigenvalue weighted by molar-refractivity contribution is -0.145. The van der Waals surface area contributed by atoms with E-state index in [1.807, 2.05) is 42.5 Å². The van der Waals surface area contributed by atoms with Gasteiger partial charge in [-0.1, -0.05) is 30.3 Å². The van der Waals surface area contributed by atoms with Crippen LogP contribution < -0.4 is 4.74 Å². The van der Waals surface area contributed by atoms with Gasteiger partial charge in [0.25, 0.3) is 0 Å². The number of phenolic OH excluding ortho intramolecular Hbond substituents is 3. The number of benzene rings is 3. The van der Waals surface area contributed by atoms with Crippen molar-refractivity contribution in [2.24, 2.45) is 5.92 Å². The van der Waals surface area contributed by atoms with Crippen molar-refractivity contribution in [1.82, 2.24) is 0 Å². The molecule has 0 radical (unpaired) electrons. The van der Waals surface area contributed by atoms with Gasteiger partial charge >= 0.3 is 5.97 Å². The van der Waals surface area contributed by atoms with E-state index >= 15 is 0 Å². The van der Waals surface area contributed by atoms with E-state index in [1.54, 1.807) is 37.5 Å². The first-order valence-electron chi connectivity index (χ1n) is 18.8. The number of hydrogen-bond acceptors (Lipinski definition) is 8. The van der Waals surface area contributed by atoms with Crippen molar-refractivity contribution in [3.05, 3.63) is 110 Å². The highest BCUT2D eigenvalue weighted by Crippen LogP contribution is 2.38. The van der Waals surface area contributed by atoms with Crippen LogP contribution in [-0.4, -0.2) is 46.2 Å². The molecule has 0 saturated carbocycles. The maximum Gasteiger partial charge on any atom is 0.306 e. The Morgan fingerprint density at radius 3 is 2.46 bits per heavy atom. The second kappa shape index (κ2) is 19.5. The first kappa shape index (κ1) is 38.9. The fraction of sp³-hybridized carbons (Fsp3) is 0.432. The molecular formula is C44H54O7S. The number of rotatable bonds is 19. The van der Waals surface area contributed by atoms with Gasteiger partial charge in [-0.25, -0.2) is 0 Å². The van der Waals surface area contributed by atoms with Crippen molar-refractivity contribution in [3.8, 4) is 23.0 Å². The van der Waals surface area contributed by atoms with Gasteiger partial charge in [-0.15, -0.1) is 11.3 Å². The minimum absolute atomic E-state index is 0.0629. The lowest BCUT2D eigenvalue weighted by Crippen LogP contribution is -2.27. The zero-order valence-electron chi connectivity index (χ0n) is 30.6. The van der Waals surface area contributed by atoms with Crippen molar-refractivity contribution >= 4 is 22.9 Å². The molecule has 0 fully saturated rings. The number of methoxy groups -OCH3 is 1. The number of aromatic hydroxyl groups is 3. The Morgan fingerprint density at radius 2 is 1.71 bits per heavy atom. The number of aryl methyl sites for hydroxylation is 4. The highest BCUT2D eigenvalue weighted by atomic mass is 32.1. The van der Waals surface area contributed by atoms with Gasteiger partial charge in [0.15, 0.2) is 0 Å². The van der Waals surface area contributed by atoms with Crippen LogP contribution in [0, 0.1) is 5.92 Å². The van der Waals surface area contributed by atoms with Crippen LogP contribution >= 0.6 is 11.3 Å². The Kier molecular flexibility index (Phi) is 14.6. The SMILES string of the molecule is CCOC(=O)CC(CCCC1=CCCCc2ccc(O)cc21)C(O)Cc1c(O)c(CCCc2ccc(OC)cc2)cc(O)c1CCCc1cccs1. The third-order valence-corrected chi connectivity index (χ3v) is 11.2. The van der Waals surface area contributed by atoms with Crippen LogP contribution in [0.5, 0.6) is 23.0 Å². The normalized spacial score (nSPS) is 13.9. The Hall–Kier alpha value is -4.27. The third-order valence-electron chi connectivity index (χ3n) is 10.3. The molecule has 1 aromatic heterocycles. The van der Waals surface area contributed by atoms with Gasteiger partial charge < -0.3 is 29.9 Å². The van der Waals surface area contributed by atoms with Gasteiger partial charge in [-0.3, -0.25) is 4.79 Å². The summed E-state index contributed by atoms with van der Waals surface area (Å²) in [4.78, 5) is 14.1. The zero-order valence-corrected chi connectivity index (χ0v) is 31.4. The quantitative estimate of drug-likeness (QED) is 0.0562. The lowest BCUT2D eigenvalue weighted by Gasteiger charge is -2.25. The number of thiophene rings is 1. The van der Waals surface area contributed by atoms with Crippen molar-refractivity contribution in [3.63, 3.8) is 0 Å². The molecule has 0 aliphatic heterocycles. The van der Waals surface area contributed by atoms with Crippen LogP contribution in [0.25, 0.3) is 5.57 Å². The number of esters is 1. The molecule has 0 saturated heterocycles. The van der Waals surface area contributed by atoms with Crippen LogP contribution in [0.1, 0.15) is 96.5 Å². The first-order chi connectivity index (χ1) is 25.2. The predicted octanol–water partition coefficient (Wildman–Crippen LogP) is 9.29. The Labute approximate surface area is 312 Å². The molecule has 2 unspecified atom stereocenters. The molecule has 0 amide bonds. The molecule has 0 bridgehead atoms. The van der Waals surface area contributed by atoms with Gasteiger partial charge in [0.05, 0.1) is 26.2 Å². The summed E-state index contributed by atoms with van der Waals surface area (Å²) in [5, 5.41) is 47.3. The molecular weight excluding hydrogens is 673 g/mol. The number of hydrogen-bond donors (Lipinski definition) is 4. The monoisotopic (exact) mass is 726 g/mol. The topological polar surface area (TPSA) is 116 Å². The van der Waals surface area contributed by atoms with Crippen molar-refractivity contribution in [2.75, 3.05) is 13.7 Å². The number of fused-ring (bicyclic) bond motifs is 1. The number of aliphatic hydroxyl groups is 1. The maximum atomic E-state index is 12.8. The van der Waals surface area contributed by atoms with E-state index in [0.717, 1.165) is 74.7 Å². The van der Waals surface area contributed by atoms with Crippen molar-refractivity contribution in [2.45, 2.75) is 103 Å². The van der Waals surface area contributed by atoms with Gasteiger partial charge in [-0.2, -0.15) is 0 Å². The minimum atomic E-state index is -0.945. The number of ether oxygens (including phenoxy) is 2. The summed E-state index contributed by atoms with van der Waals surface area (Å²) in [6, 6.07) is 19.4. The summed E-state index contributed by atoms with van der Waals surface area (Å²) in [7, 11) is 1.65. The third kappa shape index (κ3) is 10.9. The molecule has 1 aliphatic carbocycles. The first-order valence-corrected chi connectivity index (χ1v) is 19.7. The Morgan fingerprint density at radius 1 is 0.904 bits per heavy atom. The second-order valence-corrected chi connectivity index (χ2v) is 14.9. The summed E-state index contributed by atoms with van der Waals surface area (Å²) in [5.41, 5.74) is 6.52. The molecule has 3 aromatic carbocycles. The highest BCUT2D eigenvalue weighted by Gasteiger charge is 2.27. The van der Waals surface area contributed by atoms with E-state index in [9.17, 15) is 25.2 Å². The fourth-order valence-corrected chi connectivity index (χ4v) is 8.21. The van der Waals surface area contributed by atoms with Gasteiger partial charge in [0.1, 0.15) is 23.0 Å². The largest absolute Gasteiger partial charge is 0.508 e. The summed E-state index contributed by atoms with van der Waals surface area (Å²) < 4.78 is 10.6. The number of phenols is 3. The van der Waals surface area contributed by atoms with Crippen LogP contribution in [0.4, 0.5) is 0 Å². The summed E-state index contributed by atoms with van der Waals surface area (Å²) in [6.45, 7) is 2.04. The molecule has 278 valence electrons. The predicted molar refractivity (Wildman–Crippen MR) is 208 cm³/mol. The van der Waals surface area contributed by atoms with Gasteiger partial charge in [0.2, 0.25) is 0 Å². The molecule has 4 N–H and O–H groups in total. The van der Waals surface area contributed by atoms with Crippen molar-refractivity contribution in [1.29, 1.82) is 0 Å². The number of carbonyl (C=O) groups excluding carboxylic acids is 1. The van der Waals surface area contributed by atoms with Crippen LogP contribution in [-0.2, 0) is 48.1 Å². The van der Waals surface area contributed by atoms with Crippen molar-refractivity contribution < 1.29 is 34.7 Å². The summed E-state index contributed by atoms with van der Waals surface area (Å²) in [5.74, 6) is 0.540. The molecule has 2 atom stereocenters. The lowest BCUT2D eigenvalue weighted by atomic mass is 9.84. The number of allylic oxidation sites excluding steroid dienone is 2. The minimum Gasteiger partial charge on any atom is -0.508 e. The standard InChI is InChI=1S/C44H54O7S/c1-3-51-43(48)27-33(14-7-13-31-11-4-5-12-32-21-22-35(45)28-39(31)32)41(46)29-40-38(18-8-16-37-17-9-25-52-37)42(47)26-34(44(40)49)15-6-10-30-19-23-36(50-2)24-20-30/h9,11,17,19-26,28,33,41,45-47,49H,3-8,10,12-16,18,27,29H2,1-2H3. The Bertz CT molecular complexity index is 1760. The molecule has 4 aromatic rings.